The van der Waals surface area contributed by atoms with E-state index in [9.17, 15) is 0 Å². The second kappa shape index (κ2) is 15.5. The number of allylic oxidation sites excluding steroid dienone is 5. The average Bonchev–Trinajstić information content (AvgIpc) is 3.94. The topological polar surface area (TPSA) is 0 Å². The molecule has 0 bridgehead atoms. The molecule has 1 atom stereocenters. The van der Waals surface area contributed by atoms with E-state index in [2.05, 4.69) is 237 Å². The first kappa shape index (κ1) is 39.4. The zero-order valence-corrected chi connectivity index (χ0v) is 38.7. The third-order valence-corrected chi connectivity index (χ3v) is 15.9. The summed E-state index contributed by atoms with van der Waals surface area (Å²) in [5, 5.41) is 7.74. The molecule has 0 heteroatoms. The minimum atomic E-state index is 0.180. The number of hydrogen-bond acceptors (Lipinski definition) is 0. The van der Waals surface area contributed by atoms with E-state index in [1.807, 2.05) is 0 Å². The molecule has 4 aliphatic carbocycles. The number of hydrogen-bond donors (Lipinski definition) is 0. The van der Waals surface area contributed by atoms with Crippen LogP contribution in [-0.4, -0.2) is 0 Å². The summed E-state index contributed by atoms with van der Waals surface area (Å²) in [6.07, 6.45) is 12.8. The van der Waals surface area contributed by atoms with Crippen molar-refractivity contribution in [3.8, 4) is 77.9 Å². The van der Waals surface area contributed by atoms with E-state index >= 15 is 0 Å². The van der Waals surface area contributed by atoms with Crippen molar-refractivity contribution in [2.24, 2.45) is 0 Å². The van der Waals surface area contributed by atoms with Crippen LogP contribution in [0.25, 0.3) is 121 Å². The Kier molecular flexibility index (Phi) is 8.71. The van der Waals surface area contributed by atoms with Crippen molar-refractivity contribution in [3.63, 3.8) is 0 Å². The van der Waals surface area contributed by atoms with E-state index in [-0.39, 0.29) is 5.92 Å². The molecule has 0 saturated carbocycles. The second-order valence-electron chi connectivity index (χ2n) is 19.5. The molecule has 0 radical (unpaired) electrons. The third-order valence-electron chi connectivity index (χ3n) is 15.9. The fourth-order valence-corrected chi connectivity index (χ4v) is 13.1. The zero-order valence-electron chi connectivity index (χ0n) is 38.7. The molecule has 70 heavy (non-hydrogen) atoms. The van der Waals surface area contributed by atoms with Gasteiger partial charge in [0.1, 0.15) is 0 Å². The second-order valence-corrected chi connectivity index (χ2v) is 19.5. The van der Waals surface area contributed by atoms with Gasteiger partial charge in [-0.3, -0.25) is 0 Å². The SMILES string of the molecule is C1=CC(c2ccc(-c3ccccc3)cc2-c2c3c(c(-c4ccccc4)c4ccccc24)C2=CCC4c5c(ccc-3c52)-c2c4c(-c3ccccc3)c3cc4ccccc4cc3c2-c2ccccc2)=CCC1. The summed E-state index contributed by atoms with van der Waals surface area (Å²) in [5.74, 6) is 0.180. The van der Waals surface area contributed by atoms with E-state index in [0.717, 1.165) is 19.3 Å². The standard InChI is InChI=1S/C70H46/c1-6-20-43(21-7-1)50-34-35-51(44-22-8-2-9-23-44)58(42-50)64-53-33-19-18-32-52(53)61(45-24-10-3-11-25-45)67-54-36-37-55-65-56(38-39-57(66(54)65)70(64)67)69-63(47-28-14-5-15-29-47)60-41-49-31-17-16-30-48(49)40-59(60)62(68(55)69)46-26-12-4-13-27-46/h1,3-8,10-36,38-42,55H,2,9,37H2. The summed E-state index contributed by atoms with van der Waals surface area (Å²) in [5.41, 5.74) is 28.1. The minimum absolute atomic E-state index is 0.180. The molecule has 1 unspecified atom stereocenters. The molecule has 0 spiro atoms. The number of benzene rings is 11. The van der Waals surface area contributed by atoms with E-state index in [1.54, 1.807) is 0 Å². The Morgan fingerprint density at radius 1 is 0.300 bits per heavy atom. The van der Waals surface area contributed by atoms with Crippen LogP contribution in [0.5, 0.6) is 0 Å². The van der Waals surface area contributed by atoms with Crippen molar-refractivity contribution < 1.29 is 0 Å². The smallest absolute Gasteiger partial charge is 0.0149 e. The first-order chi connectivity index (χ1) is 34.8. The molecule has 0 nitrogen and oxygen atoms in total. The summed E-state index contributed by atoms with van der Waals surface area (Å²) in [6.45, 7) is 0. The van der Waals surface area contributed by atoms with Gasteiger partial charge in [-0.05, 0) is 187 Å². The predicted octanol–water partition coefficient (Wildman–Crippen LogP) is 19.1. The zero-order chi connectivity index (χ0) is 45.9. The van der Waals surface area contributed by atoms with Crippen LogP contribution >= 0.6 is 0 Å². The molecule has 15 rings (SSSR count). The Balaban J connectivity index is 1.09. The highest BCUT2D eigenvalue weighted by atomic mass is 14.5. The summed E-state index contributed by atoms with van der Waals surface area (Å²) in [7, 11) is 0. The van der Waals surface area contributed by atoms with Gasteiger partial charge in [0.05, 0.1) is 0 Å². The van der Waals surface area contributed by atoms with Gasteiger partial charge in [0, 0.05) is 5.92 Å². The lowest BCUT2D eigenvalue weighted by atomic mass is 9.77. The van der Waals surface area contributed by atoms with Gasteiger partial charge in [0.2, 0.25) is 0 Å². The van der Waals surface area contributed by atoms with Crippen molar-refractivity contribution in [3.05, 3.63) is 264 Å². The molecule has 0 aliphatic heterocycles. The maximum absolute atomic E-state index is 2.64. The first-order valence-electron chi connectivity index (χ1n) is 25.0. The average molecular weight is 887 g/mol. The monoisotopic (exact) mass is 886 g/mol. The molecule has 11 aromatic carbocycles. The Labute approximate surface area is 408 Å². The van der Waals surface area contributed by atoms with Crippen LogP contribution < -0.4 is 0 Å². The van der Waals surface area contributed by atoms with Crippen molar-refractivity contribution in [2.45, 2.75) is 25.2 Å². The maximum atomic E-state index is 2.64. The lowest BCUT2D eigenvalue weighted by molar-refractivity contribution is 0.844. The third kappa shape index (κ3) is 5.71. The molecule has 0 N–H and O–H groups in total. The molecule has 0 heterocycles. The summed E-state index contributed by atoms with van der Waals surface area (Å²) < 4.78 is 0. The van der Waals surface area contributed by atoms with Crippen LogP contribution in [0.1, 0.15) is 53.0 Å². The van der Waals surface area contributed by atoms with Crippen molar-refractivity contribution in [2.75, 3.05) is 0 Å². The van der Waals surface area contributed by atoms with Gasteiger partial charge >= 0.3 is 0 Å². The molecular weight excluding hydrogens is 841 g/mol. The van der Waals surface area contributed by atoms with E-state index in [0.29, 0.717) is 0 Å². The van der Waals surface area contributed by atoms with Gasteiger partial charge in [0.15, 0.2) is 0 Å². The molecule has 0 saturated heterocycles. The van der Waals surface area contributed by atoms with Crippen LogP contribution in [-0.2, 0) is 0 Å². The molecule has 0 fully saturated rings. The van der Waals surface area contributed by atoms with E-state index < -0.39 is 0 Å². The van der Waals surface area contributed by atoms with E-state index in [4.69, 9.17) is 0 Å². The number of rotatable bonds is 6. The summed E-state index contributed by atoms with van der Waals surface area (Å²) in [6, 6.07) is 80.0. The fourth-order valence-electron chi connectivity index (χ4n) is 13.1. The molecule has 0 aromatic heterocycles. The predicted molar refractivity (Wildman–Crippen MR) is 297 cm³/mol. The van der Waals surface area contributed by atoms with Crippen LogP contribution in [0, 0.1) is 0 Å². The van der Waals surface area contributed by atoms with Gasteiger partial charge in [-0.2, -0.15) is 0 Å². The van der Waals surface area contributed by atoms with Crippen LogP contribution in [0.15, 0.2) is 237 Å². The molecule has 11 aromatic rings. The van der Waals surface area contributed by atoms with E-state index in [1.165, 1.54) is 149 Å². The van der Waals surface area contributed by atoms with Crippen molar-refractivity contribution in [1.82, 2.24) is 0 Å². The highest BCUT2D eigenvalue weighted by molar-refractivity contribution is 6.25. The highest BCUT2D eigenvalue weighted by Crippen LogP contribution is 2.66. The van der Waals surface area contributed by atoms with Crippen LogP contribution in [0.4, 0.5) is 0 Å². The quantitative estimate of drug-likeness (QED) is 0.146. The normalized spacial score (nSPS) is 14.9. The maximum Gasteiger partial charge on any atom is 0.0149 e. The summed E-state index contributed by atoms with van der Waals surface area (Å²) in [4.78, 5) is 0. The lowest BCUT2D eigenvalue weighted by Gasteiger charge is -2.25. The van der Waals surface area contributed by atoms with Crippen molar-refractivity contribution in [1.29, 1.82) is 0 Å². The van der Waals surface area contributed by atoms with Gasteiger partial charge < -0.3 is 0 Å². The highest BCUT2D eigenvalue weighted by Gasteiger charge is 2.44. The Morgan fingerprint density at radius 3 is 1.49 bits per heavy atom. The minimum Gasteiger partial charge on any atom is -0.0836 e. The van der Waals surface area contributed by atoms with Crippen molar-refractivity contribution >= 4 is 43.5 Å². The molecule has 4 aliphatic rings. The fraction of sp³-hybridized carbons (Fsp3) is 0.0571. The summed E-state index contributed by atoms with van der Waals surface area (Å²) >= 11 is 0. The molecule has 326 valence electrons. The van der Waals surface area contributed by atoms with Gasteiger partial charge in [0.25, 0.3) is 0 Å². The molecule has 0 amide bonds. The Hall–Kier alpha value is -8.58. The van der Waals surface area contributed by atoms with Crippen LogP contribution in [0.2, 0.25) is 0 Å². The van der Waals surface area contributed by atoms with Gasteiger partial charge in [-0.1, -0.05) is 218 Å². The molecular formula is C70H46. The Bertz CT molecular complexity index is 4090. The number of fused-ring (bicyclic) bond motifs is 9. The van der Waals surface area contributed by atoms with Gasteiger partial charge in [-0.25, -0.2) is 0 Å². The Morgan fingerprint density at radius 2 is 0.843 bits per heavy atom. The van der Waals surface area contributed by atoms with Gasteiger partial charge in [-0.15, -0.1) is 0 Å². The van der Waals surface area contributed by atoms with Crippen LogP contribution in [0.3, 0.4) is 0 Å². The largest absolute Gasteiger partial charge is 0.0836 e. The lowest BCUT2D eigenvalue weighted by Crippen LogP contribution is -2.06. The first-order valence-corrected chi connectivity index (χ1v) is 25.0.